The molecule has 1 aliphatic rings. The molecule has 0 N–H and O–H groups in total. The van der Waals surface area contributed by atoms with Crippen molar-refractivity contribution >= 4 is 15.5 Å². The number of para-hydroxylation sites is 1. The van der Waals surface area contributed by atoms with E-state index in [4.69, 9.17) is 0 Å². The summed E-state index contributed by atoms with van der Waals surface area (Å²) in [5.74, 6) is 0. The minimum Gasteiger partial charge on any atom is -0.369 e. The van der Waals surface area contributed by atoms with E-state index in [9.17, 15) is 8.42 Å². The standard InChI is InChI=1S/C18H22N2O2S/c1-23(21,22)18-9-7-16(8-10-18)15-19-11-13-20(14-12-19)17-5-3-2-4-6-17/h2-10H,11-15H2,1H3. The van der Waals surface area contributed by atoms with E-state index in [-0.39, 0.29) is 0 Å². The summed E-state index contributed by atoms with van der Waals surface area (Å²) in [4.78, 5) is 5.20. The number of nitrogens with zero attached hydrogens (tertiary/aromatic N) is 2. The van der Waals surface area contributed by atoms with Crippen molar-refractivity contribution in [3.63, 3.8) is 0 Å². The van der Waals surface area contributed by atoms with Crippen LogP contribution in [0.25, 0.3) is 0 Å². The minimum atomic E-state index is -3.11. The summed E-state index contributed by atoms with van der Waals surface area (Å²) in [6.45, 7) is 4.94. The molecule has 122 valence electrons. The van der Waals surface area contributed by atoms with Crippen molar-refractivity contribution in [1.82, 2.24) is 4.90 Å². The molecule has 1 fully saturated rings. The second-order valence-corrected chi connectivity index (χ2v) is 8.03. The Morgan fingerprint density at radius 2 is 1.48 bits per heavy atom. The highest BCUT2D eigenvalue weighted by Gasteiger charge is 2.17. The zero-order valence-electron chi connectivity index (χ0n) is 13.4. The van der Waals surface area contributed by atoms with E-state index in [0.29, 0.717) is 4.90 Å². The van der Waals surface area contributed by atoms with Crippen LogP contribution in [0.3, 0.4) is 0 Å². The van der Waals surface area contributed by atoms with Crippen LogP contribution in [0.5, 0.6) is 0 Å². The van der Waals surface area contributed by atoms with Gasteiger partial charge in [0.1, 0.15) is 0 Å². The van der Waals surface area contributed by atoms with Gasteiger partial charge in [-0.15, -0.1) is 0 Å². The van der Waals surface area contributed by atoms with Crippen LogP contribution < -0.4 is 4.90 Å². The Labute approximate surface area is 138 Å². The Balaban J connectivity index is 1.57. The van der Waals surface area contributed by atoms with Crippen molar-refractivity contribution in [3.8, 4) is 0 Å². The molecule has 0 unspecified atom stereocenters. The molecule has 0 radical (unpaired) electrons. The summed E-state index contributed by atoms with van der Waals surface area (Å²) >= 11 is 0. The van der Waals surface area contributed by atoms with Crippen LogP contribution in [-0.2, 0) is 16.4 Å². The number of hydrogen-bond donors (Lipinski definition) is 0. The van der Waals surface area contributed by atoms with Crippen LogP contribution in [0.4, 0.5) is 5.69 Å². The summed E-state index contributed by atoms with van der Waals surface area (Å²) in [5.41, 5.74) is 2.44. The van der Waals surface area contributed by atoms with Crippen LogP contribution in [-0.4, -0.2) is 45.8 Å². The van der Waals surface area contributed by atoms with Gasteiger partial charge in [0.25, 0.3) is 0 Å². The molecule has 1 aliphatic heterocycles. The Hall–Kier alpha value is -1.85. The first-order valence-corrected chi connectivity index (χ1v) is 9.73. The zero-order chi connectivity index (χ0) is 16.3. The maximum Gasteiger partial charge on any atom is 0.175 e. The van der Waals surface area contributed by atoms with Gasteiger partial charge >= 0.3 is 0 Å². The van der Waals surface area contributed by atoms with E-state index in [1.54, 1.807) is 12.1 Å². The van der Waals surface area contributed by atoms with E-state index in [0.717, 1.165) is 38.3 Å². The quantitative estimate of drug-likeness (QED) is 0.863. The molecule has 0 atom stereocenters. The van der Waals surface area contributed by atoms with Crippen LogP contribution in [0.1, 0.15) is 5.56 Å². The Bertz CT molecular complexity index is 734. The lowest BCUT2D eigenvalue weighted by Crippen LogP contribution is -2.45. The number of hydrogen-bond acceptors (Lipinski definition) is 4. The molecule has 5 heteroatoms. The van der Waals surface area contributed by atoms with Crippen molar-refractivity contribution in [3.05, 3.63) is 60.2 Å². The second kappa shape index (κ2) is 6.72. The number of rotatable bonds is 4. The van der Waals surface area contributed by atoms with Gasteiger partial charge in [0.2, 0.25) is 0 Å². The fourth-order valence-corrected chi connectivity index (χ4v) is 3.53. The highest BCUT2D eigenvalue weighted by Crippen LogP contribution is 2.17. The molecule has 1 heterocycles. The summed E-state index contributed by atoms with van der Waals surface area (Å²) < 4.78 is 23.0. The van der Waals surface area contributed by atoms with Crippen LogP contribution in [0.15, 0.2) is 59.5 Å². The molecule has 1 saturated heterocycles. The number of piperazine rings is 1. The number of anilines is 1. The third kappa shape index (κ3) is 4.12. The molecule has 23 heavy (non-hydrogen) atoms. The largest absolute Gasteiger partial charge is 0.369 e. The molecule has 3 rings (SSSR count). The fourth-order valence-electron chi connectivity index (χ4n) is 2.90. The van der Waals surface area contributed by atoms with Gasteiger partial charge in [0.15, 0.2) is 9.84 Å². The van der Waals surface area contributed by atoms with Gasteiger partial charge in [0.05, 0.1) is 4.90 Å². The third-order valence-corrected chi connectivity index (χ3v) is 5.38. The van der Waals surface area contributed by atoms with Crippen molar-refractivity contribution in [2.75, 3.05) is 37.3 Å². The average Bonchev–Trinajstić information content (AvgIpc) is 2.56. The lowest BCUT2D eigenvalue weighted by molar-refractivity contribution is 0.250. The molecule has 2 aromatic carbocycles. The molecule has 0 spiro atoms. The second-order valence-electron chi connectivity index (χ2n) is 6.01. The molecule has 0 aromatic heterocycles. The first-order valence-electron chi connectivity index (χ1n) is 7.84. The van der Waals surface area contributed by atoms with Crippen molar-refractivity contribution in [2.45, 2.75) is 11.4 Å². The maximum absolute atomic E-state index is 11.5. The van der Waals surface area contributed by atoms with Gasteiger partial charge in [-0.2, -0.15) is 0 Å². The first-order chi connectivity index (χ1) is 11.0. The van der Waals surface area contributed by atoms with E-state index in [1.807, 2.05) is 18.2 Å². The van der Waals surface area contributed by atoms with E-state index in [2.05, 4.69) is 34.1 Å². The normalized spacial score (nSPS) is 16.5. The summed E-state index contributed by atoms with van der Waals surface area (Å²) in [7, 11) is -3.11. The zero-order valence-corrected chi connectivity index (χ0v) is 14.2. The summed E-state index contributed by atoms with van der Waals surface area (Å²) in [6.07, 6.45) is 1.24. The Morgan fingerprint density at radius 1 is 0.870 bits per heavy atom. The maximum atomic E-state index is 11.5. The SMILES string of the molecule is CS(=O)(=O)c1ccc(CN2CCN(c3ccccc3)CC2)cc1. The fraction of sp³-hybridized carbons (Fsp3) is 0.333. The topological polar surface area (TPSA) is 40.6 Å². The number of benzene rings is 2. The highest BCUT2D eigenvalue weighted by molar-refractivity contribution is 7.90. The lowest BCUT2D eigenvalue weighted by Gasteiger charge is -2.36. The minimum absolute atomic E-state index is 0.384. The Kier molecular flexibility index (Phi) is 4.68. The van der Waals surface area contributed by atoms with E-state index in [1.165, 1.54) is 11.9 Å². The molecule has 4 nitrogen and oxygen atoms in total. The third-order valence-electron chi connectivity index (χ3n) is 4.25. The van der Waals surface area contributed by atoms with Crippen molar-refractivity contribution < 1.29 is 8.42 Å². The van der Waals surface area contributed by atoms with Crippen LogP contribution in [0, 0.1) is 0 Å². The molecule has 0 amide bonds. The molecule has 0 bridgehead atoms. The van der Waals surface area contributed by atoms with Gasteiger partial charge in [0, 0.05) is 44.7 Å². The monoisotopic (exact) mass is 330 g/mol. The summed E-state index contributed by atoms with van der Waals surface area (Å²) in [5, 5.41) is 0. The van der Waals surface area contributed by atoms with E-state index < -0.39 is 9.84 Å². The van der Waals surface area contributed by atoms with Gasteiger partial charge in [-0.1, -0.05) is 30.3 Å². The molecule has 0 saturated carbocycles. The van der Waals surface area contributed by atoms with Crippen molar-refractivity contribution in [2.24, 2.45) is 0 Å². The lowest BCUT2D eigenvalue weighted by atomic mass is 10.2. The van der Waals surface area contributed by atoms with E-state index >= 15 is 0 Å². The van der Waals surface area contributed by atoms with Gasteiger partial charge in [-0.05, 0) is 29.8 Å². The molecule has 0 aliphatic carbocycles. The number of sulfone groups is 1. The predicted octanol–water partition coefficient (Wildman–Crippen LogP) is 2.41. The predicted molar refractivity (Wildman–Crippen MR) is 93.5 cm³/mol. The Morgan fingerprint density at radius 3 is 2.04 bits per heavy atom. The van der Waals surface area contributed by atoms with Crippen LogP contribution in [0.2, 0.25) is 0 Å². The first kappa shape index (κ1) is 16.0. The smallest absolute Gasteiger partial charge is 0.175 e. The van der Waals surface area contributed by atoms with Crippen molar-refractivity contribution in [1.29, 1.82) is 0 Å². The molecule has 2 aromatic rings. The highest BCUT2D eigenvalue weighted by atomic mass is 32.2. The molecular weight excluding hydrogens is 308 g/mol. The summed E-state index contributed by atoms with van der Waals surface area (Å²) in [6, 6.07) is 17.7. The van der Waals surface area contributed by atoms with Gasteiger partial charge < -0.3 is 4.90 Å². The average molecular weight is 330 g/mol. The van der Waals surface area contributed by atoms with Gasteiger partial charge in [-0.25, -0.2) is 8.42 Å². The van der Waals surface area contributed by atoms with Crippen LogP contribution >= 0.6 is 0 Å². The van der Waals surface area contributed by atoms with Gasteiger partial charge in [-0.3, -0.25) is 4.90 Å². The molecular formula is C18H22N2O2S.